The number of benzene rings is 4. The van der Waals surface area contributed by atoms with E-state index in [9.17, 15) is 0 Å². The van der Waals surface area contributed by atoms with Gasteiger partial charge in [0.25, 0.3) is 0 Å². The molecule has 3 heteroatoms. The largest absolute Gasteiger partial charge is 0.309 e. The summed E-state index contributed by atoms with van der Waals surface area (Å²) in [6.45, 7) is 2.29. The molecule has 1 aliphatic carbocycles. The third kappa shape index (κ3) is 3.40. The Morgan fingerprint density at radius 2 is 1.23 bits per heavy atom. The first-order valence-corrected chi connectivity index (χ1v) is 13.6. The average Bonchev–Trinajstić information content (AvgIpc) is 3.50. The highest BCUT2D eigenvalue weighted by molar-refractivity contribution is 6.09. The smallest absolute Gasteiger partial charge is 0.140 e. The van der Waals surface area contributed by atoms with Crippen molar-refractivity contribution in [3.05, 3.63) is 133 Å². The van der Waals surface area contributed by atoms with Crippen LogP contribution in [-0.4, -0.2) is 14.1 Å². The molecule has 39 heavy (non-hydrogen) atoms. The molecule has 1 aliphatic rings. The maximum Gasteiger partial charge on any atom is 0.140 e. The highest BCUT2D eigenvalue weighted by Gasteiger charge is 2.22. The van der Waals surface area contributed by atoms with Crippen LogP contribution in [0.2, 0.25) is 0 Å². The quantitative estimate of drug-likeness (QED) is 0.237. The molecule has 186 valence electrons. The molecular formula is C36H27N3. The van der Waals surface area contributed by atoms with Crippen molar-refractivity contribution in [2.45, 2.75) is 13.3 Å². The minimum atomic E-state index is 0.522. The predicted octanol–water partition coefficient (Wildman–Crippen LogP) is 9.00. The number of nitrogens with zero attached hydrogens (tertiary/aromatic N) is 3. The topological polar surface area (TPSA) is 22.8 Å². The van der Waals surface area contributed by atoms with E-state index in [0.29, 0.717) is 5.92 Å². The number of rotatable bonds is 3. The fourth-order valence-corrected chi connectivity index (χ4v) is 6.31. The number of hydrogen-bond acceptors (Lipinski definition) is 1. The molecule has 0 fully saturated rings. The van der Waals surface area contributed by atoms with Crippen LogP contribution in [0.25, 0.3) is 61.5 Å². The van der Waals surface area contributed by atoms with Gasteiger partial charge in [0.2, 0.25) is 0 Å². The van der Waals surface area contributed by atoms with E-state index in [4.69, 9.17) is 4.98 Å². The van der Waals surface area contributed by atoms with Crippen molar-refractivity contribution in [2.75, 3.05) is 0 Å². The van der Waals surface area contributed by atoms with Crippen LogP contribution in [0.4, 0.5) is 0 Å². The van der Waals surface area contributed by atoms with E-state index in [1.54, 1.807) is 0 Å². The van der Waals surface area contributed by atoms with Crippen molar-refractivity contribution in [2.24, 2.45) is 5.92 Å². The summed E-state index contributed by atoms with van der Waals surface area (Å²) >= 11 is 0. The summed E-state index contributed by atoms with van der Waals surface area (Å²) in [6.07, 6.45) is 5.66. The summed E-state index contributed by atoms with van der Waals surface area (Å²) in [4.78, 5) is 5.31. The molecule has 3 heterocycles. The minimum absolute atomic E-state index is 0.522. The van der Waals surface area contributed by atoms with E-state index in [-0.39, 0.29) is 0 Å². The lowest BCUT2D eigenvalue weighted by atomic mass is 9.93. The Morgan fingerprint density at radius 1 is 0.641 bits per heavy atom. The van der Waals surface area contributed by atoms with E-state index in [1.807, 2.05) is 0 Å². The lowest BCUT2D eigenvalue weighted by Gasteiger charge is -2.17. The lowest BCUT2D eigenvalue weighted by molar-refractivity contribution is 0.717. The average molecular weight is 502 g/mol. The lowest BCUT2D eigenvalue weighted by Crippen LogP contribution is -2.08. The molecule has 8 rings (SSSR count). The van der Waals surface area contributed by atoms with Gasteiger partial charge >= 0.3 is 0 Å². The zero-order valence-corrected chi connectivity index (χ0v) is 21.8. The molecule has 0 saturated carbocycles. The molecule has 0 radical (unpaired) electrons. The van der Waals surface area contributed by atoms with Crippen LogP contribution < -0.4 is 0 Å². The van der Waals surface area contributed by atoms with E-state index in [0.717, 1.165) is 29.2 Å². The van der Waals surface area contributed by atoms with Crippen molar-refractivity contribution in [1.82, 2.24) is 14.1 Å². The fraction of sp³-hybridized carbons (Fsp3) is 0.0833. The highest BCUT2D eigenvalue weighted by atomic mass is 15.1. The molecule has 0 N–H and O–H groups in total. The van der Waals surface area contributed by atoms with Gasteiger partial charge in [-0.3, -0.25) is 4.57 Å². The second-order valence-corrected chi connectivity index (χ2v) is 10.6. The first-order chi connectivity index (χ1) is 19.3. The molecule has 0 aliphatic heterocycles. The maximum absolute atomic E-state index is 5.31. The van der Waals surface area contributed by atoms with Crippen LogP contribution in [0.3, 0.4) is 0 Å². The van der Waals surface area contributed by atoms with Crippen LogP contribution in [0.15, 0.2) is 121 Å². The van der Waals surface area contributed by atoms with Crippen molar-refractivity contribution >= 4 is 38.8 Å². The first-order valence-electron chi connectivity index (χ1n) is 13.6. The van der Waals surface area contributed by atoms with Gasteiger partial charge in [0.1, 0.15) is 5.82 Å². The number of allylic oxidation sites excluding steroid dienone is 1. The molecule has 0 spiro atoms. The second kappa shape index (κ2) is 8.57. The Kier molecular flexibility index (Phi) is 4.86. The van der Waals surface area contributed by atoms with Gasteiger partial charge in [-0.1, -0.05) is 97.9 Å². The number of hydrogen-bond donors (Lipinski definition) is 0. The zero-order chi connectivity index (χ0) is 25.9. The van der Waals surface area contributed by atoms with Crippen molar-refractivity contribution in [3.63, 3.8) is 0 Å². The molecule has 0 amide bonds. The van der Waals surface area contributed by atoms with Gasteiger partial charge in [0.15, 0.2) is 0 Å². The molecule has 0 saturated heterocycles. The predicted molar refractivity (Wildman–Crippen MR) is 163 cm³/mol. The second-order valence-electron chi connectivity index (χ2n) is 10.6. The molecule has 0 bridgehead atoms. The van der Waals surface area contributed by atoms with Crippen LogP contribution in [-0.2, 0) is 6.42 Å². The standard InChI is InChI=1S/C36H27N3/c1-24-19-20-35-30(21-24)29-15-7-10-18-34(29)39(35)36-23-26(22-31(37-36)25-11-3-2-4-12-25)38-32-16-8-5-13-27(32)28-14-6-9-17-33(28)38/h2-20,22-24H,21H2,1H3. The summed E-state index contributed by atoms with van der Waals surface area (Å²) in [5, 5.41) is 3.83. The van der Waals surface area contributed by atoms with Crippen LogP contribution >= 0.6 is 0 Å². The Labute approximate surface area is 227 Å². The van der Waals surface area contributed by atoms with Gasteiger partial charge in [0.05, 0.1) is 33.6 Å². The summed E-state index contributed by atoms with van der Waals surface area (Å²) < 4.78 is 4.75. The van der Waals surface area contributed by atoms with Crippen molar-refractivity contribution < 1.29 is 0 Å². The Morgan fingerprint density at radius 3 is 1.92 bits per heavy atom. The molecule has 3 nitrogen and oxygen atoms in total. The number of aromatic nitrogens is 3. The summed E-state index contributed by atoms with van der Waals surface area (Å²) in [6, 6.07) is 41.1. The number of fused-ring (bicyclic) bond motifs is 6. The molecular weight excluding hydrogens is 474 g/mol. The van der Waals surface area contributed by atoms with Crippen LogP contribution in [0.5, 0.6) is 0 Å². The Balaban J connectivity index is 1.48. The maximum atomic E-state index is 5.31. The summed E-state index contributed by atoms with van der Waals surface area (Å²) in [5.41, 5.74) is 9.42. The van der Waals surface area contributed by atoms with E-state index in [2.05, 4.69) is 143 Å². The monoisotopic (exact) mass is 501 g/mol. The van der Waals surface area contributed by atoms with E-state index < -0.39 is 0 Å². The van der Waals surface area contributed by atoms with Crippen LogP contribution in [0.1, 0.15) is 18.2 Å². The SMILES string of the molecule is CC1C=Cc2c(c3ccccc3n2-c2cc(-n3c4ccccc4c4ccccc43)cc(-c3ccccc3)n2)C1. The molecule has 3 aromatic heterocycles. The van der Waals surface area contributed by atoms with Crippen molar-refractivity contribution in [1.29, 1.82) is 0 Å². The van der Waals surface area contributed by atoms with Gasteiger partial charge in [-0.15, -0.1) is 0 Å². The van der Waals surface area contributed by atoms with Gasteiger partial charge in [0, 0.05) is 27.8 Å². The minimum Gasteiger partial charge on any atom is -0.309 e. The van der Waals surface area contributed by atoms with Gasteiger partial charge < -0.3 is 4.57 Å². The molecule has 4 aromatic carbocycles. The van der Waals surface area contributed by atoms with Gasteiger partial charge in [-0.2, -0.15) is 0 Å². The van der Waals surface area contributed by atoms with Crippen molar-refractivity contribution in [3.8, 4) is 22.8 Å². The zero-order valence-electron chi connectivity index (χ0n) is 21.8. The highest BCUT2D eigenvalue weighted by Crippen LogP contribution is 2.37. The summed E-state index contributed by atoms with van der Waals surface area (Å²) in [7, 11) is 0. The molecule has 1 unspecified atom stereocenters. The number of pyridine rings is 1. The van der Waals surface area contributed by atoms with Gasteiger partial charge in [-0.25, -0.2) is 4.98 Å². The molecule has 7 aromatic rings. The van der Waals surface area contributed by atoms with E-state index >= 15 is 0 Å². The first kappa shape index (κ1) is 22.1. The number of para-hydroxylation sites is 3. The van der Waals surface area contributed by atoms with Gasteiger partial charge in [-0.05, 0) is 48.2 Å². The third-order valence-corrected chi connectivity index (χ3v) is 8.06. The normalized spacial score (nSPS) is 14.8. The Bertz CT molecular complexity index is 2000. The molecule has 1 atom stereocenters. The van der Waals surface area contributed by atoms with E-state index in [1.165, 1.54) is 44.0 Å². The fourth-order valence-electron chi connectivity index (χ4n) is 6.31. The van der Waals surface area contributed by atoms with Crippen LogP contribution in [0, 0.1) is 5.92 Å². The Hall–Kier alpha value is -4.89. The summed E-state index contributed by atoms with van der Waals surface area (Å²) in [5.74, 6) is 1.46. The third-order valence-electron chi connectivity index (χ3n) is 8.06.